The Morgan fingerprint density at radius 1 is 0.974 bits per heavy atom. The lowest BCUT2D eigenvalue weighted by atomic mass is 9.95. The Balaban J connectivity index is 1.64. The molecule has 1 aliphatic rings. The summed E-state index contributed by atoms with van der Waals surface area (Å²) in [5, 5.41) is 5.25. The van der Waals surface area contributed by atoms with Crippen molar-refractivity contribution in [3.63, 3.8) is 0 Å². The molecule has 0 aromatic heterocycles. The first kappa shape index (κ1) is 27.9. The third kappa shape index (κ3) is 6.85. The van der Waals surface area contributed by atoms with Gasteiger partial charge in [0.25, 0.3) is 0 Å². The number of nitrogens with one attached hydrogen (secondary N) is 1. The molecular weight excluding hydrogens is 522 g/mol. The van der Waals surface area contributed by atoms with Gasteiger partial charge in [0.2, 0.25) is 21.8 Å². The molecule has 0 saturated heterocycles. The van der Waals surface area contributed by atoms with E-state index in [1.165, 1.54) is 11.3 Å². The van der Waals surface area contributed by atoms with Crippen LogP contribution in [0.5, 0.6) is 0 Å². The molecule has 4 rings (SSSR count). The van der Waals surface area contributed by atoms with Crippen LogP contribution in [0.1, 0.15) is 44.6 Å². The number of amides is 2. The minimum Gasteiger partial charge on any atom is -0.352 e. The fourth-order valence-corrected chi connectivity index (χ4v) is 5.95. The van der Waals surface area contributed by atoms with E-state index in [-0.39, 0.29) is 18.5 Å². The van der Waals surface area contributed by atoms with E-state index in [1.54, 1.807) is 43.3 Å². The average molecular weight is 556 g/mol. The maximum atomic E-state index is 13.8. The summed E-state index contributed by atoms with van der Waals surface area (Å²) in [7, 11) is -3.82. The van der Waals surface area contributed by atoms with Crippen LogP contribution < -0.4 is 9.62 Å². The summed E-state index contributed by atoms with van der Waals surface area (Å²) in [4.78, 5) is 28.6. The van der Waals surface area contributed by atoms with Gasteiger partial charge in [0.15, 0.2) is 0 Å². The third-order valence-corrected chi connectivity index (χ3v) is 8.48. The molecule has 1 aliphatic carbocycles. The minimum absolute atomic E-state index is 0.0920. The maximum absolute atomic E-state index is 13.8. The van der Waals surface area contributed by atoms with E-state index in [2.05, 4.69) is 5.32 Å². The quantitative estimate of drug-likeness (QED) is 0.397. The van der Waals surface area contributed by atoms with Gasteiger partial charge in [-0.05, 0) is 48.9 Å². The fourth-order valence-electron chi connectivity index (χ4n) is 4.96. The van der Waals surface area contributed by atoms with Crippen molar-refractivity contribution >= 4 is 49.9 Å². The van der Waals surface area contributed by atoms with E-state index in [0.717, 1.165) is 52.6 Å². The smallest absolute Gasteiger partial charge is 0.244 e. The van der Waals surface area contributed by atoms with Crippen LogP contribution in [0.3, 0.4) is 0 Å². The van der Waals surface area contributed by atoms with Crippen molar-refractivity contribution in [1.29, 1.82) is 0 Å². The molecule has 0 aliphatic heterocycles. The Morgan fingerprint density at radius 2 is 1.63 bits per heavy atom. The van der Waals surface area contributed by atoms with Crippen LogP contribution in [0.15, 0.2) is 66.7 Å². The summed E-state index contributed by atoms with van der Waals surface area (Å²) < 4.78 is 27.0. The van der Waals surface area contributed by atoms with Crippen molar-refractivity contribution in [2.24, 2.45) is 0 Å². The van der Waals surface area contributed by atoms with Crippen LogP contribution in [0.25, 0.3) is 10.8 Å². The number of hydrogen-bond donors (Lipinski definition) is 1. The SMILES string of the molecule is C[C@@H](C(=O)NC1CCCCC1)N(Cc1ccc(Cl)cc1)C(=O)CN(c1cccc2ccccc12)S(C)(=O)=O. The molecule has 38 heavy (non-hydrogen) atoms. The second-order valence-corrected chi connectivity index (χ2v) is 12.3. The fraction of sp³-hybridized carbons (Fsp3) is 0.379. The maximum Gasteiger partial charge on any atom is 0.244 e. The molecule has 0 radical (unpaired) electrons. The van der Waals surface area contributed by atoms with Gasteiger partial charge in [-0.25, -0.2) is 8.42 Å². The van der Waals surface area contributed by atoms with Crippen LogP contribution in [0.4, 0.5) is 5.69 Å². The number of fused-ring (bicyclic) bond motifs is 1. The number of halogens is 1. The number of carbonyl (C=O) groups is 2. The highest BCUT2D eigenvalue weighted by Gasteiger charge is 2.31. The first-order valence-electron chi connectivity index (χ1n) is 12.9. The van der Waals surface area contributed by atoms with Gasteiger partial charge in [0.1, 0.15) is 12.6 Å². The molecule has 3 aromatic carbocycles. The summed E-state index contributed by atoms with van der Waals surface area (Å²) in [5.74, 6) is -0.708. The molecule has 9 heteroatoms. The average Bonchev–Trinajstić information content (AvgIpc) is 2.90. The molecule has 0 spiro atoms. The predicted octanol–water partition coefficient (Wildman–Crippen LogP) is 5.13. The Hall–Kier alpha value is -3.10. The minimum atomic E-state index is -3.82. The Bertz CT molecular complexity index is 1380. The van der Waals surface area contributed by atoms with Crippen molar-refractivity contribution in [3.8, 4) is 0 Å². The summed E-state index contributed by atoms with van der Waals surface area (Å²) in [6.07, 6.45) is 6.24. The highest BCUT2D eigenvalue weighted by molar-refractivity contribution is 7.92. The molecule has 1 saturated carbocycles. The lowest BCUT2D eigenvalue weighted by Gasteiger charge is -2.33. The van der Waals surface area contributed by atoms with Crippen LogP contribution in [0, 0.1) is 0 Å². The predicted molar refractivity (Wildman–Crippen MR) is 153 cm³/mol. The molecule has 3 aromatic rings. The normalized spacial score (nSPS) is 15.1. The highest BCUT2D eigenvalue weighted by atomic mass is 35.5. The zero-order chi connectivity index (χ0) is 27.3. The lowest BCUT2D eigenvalue weighted by Crippen LogP contribution is -2.53. The Morgan fingerprint density at radius 3 is 2.32 bits per heavy atom. The monoisotopic (exact) mass is 555 g/mol. The number of anilines is 1. The molecule has 0 heterocycles. The number of nitrogens with zero attached hydrogens (tertiary/aromatic N) is 2. The molecule has 1 atom stereocenters. The molecule has 0 unspecified atom stereocenters. The zero-order valence-electron chi connectivity index (χ0n) is 21.8. The van der Waals surface area contributed by atoms with Crippen molar-refractivity contribution in [2.45, 2.75) is 57.7 Å². The number of sulfonamides is 1. The van der Waals surface area contributed by atoms with Crippen molar-refractivity contribution < 1.29 is 18.0 Å². The molecule has 1 fully saturated rings. The van der Waals surface area contributed by atoms with Crippen molar-refractivity contribution in [2.75, 3.05) is 17.1 Å². The number of carbonyl (C=O) groups excluding carboxylic acids is 2. The first-order chi connectivity index (χ1) is 18.1. The number of benzene rings is 3. The number of hydrogen-bond acceptors (Lipinski definition) is 4. The topological polar surface area (TPSA) is 86.8 Å². The van der Waals surface area contributed by atoms with E-state index in [0.29, 0.717) is 10.7 Å². The van der Waals surface area contributed by atoms with Crippen molar-refractivity contribution in [3.05, 3.63) is 77.3 Å². The molecule has 2 amide bonds. The Labute approximate surface area is 229 Å². The molecule has 0 bridgehead atoms. The summed E-state index contributed by atoms with van der Waals surface area (Å²) >= 11 is 6.05. The van der Waals surface area contributed by atoms with Crippen LogP contribution >= 0.6 is 11.6 Å². The largest absolute Gasteiger partial charge is 0.352 e. The molecule has 1 N–H and O–H groups in total. The van der Waals surface area contributed by atoms with Gasteiger partial charge in [-0.2, -0.15) is 0 Å². The van der Waals surface area contributed by atoms with Gasteiger partial charge < -0.3 is 10.2 Å². The summed E-state index contributed by atoms with van der Waals surface area (Å²) in [5.41, 5.74) is 1.21. The van der Waals surface area contributed by atoms with Gasteiger partial charge >= 0.3 is 0 Å². The van der Waals surface area contributed by atoms with E-state index < -0.39 is 28.5 Å². The van der Waals surface area contributed by atoms with Crippen LogP contribution in [-0.4, -0.2) is 50.0 Å². The van der Waals surface area contributed by atoms with Crippen LogP contribution in [0.2, 0.25) is 5.02 Å². The Kier molecular flexibility index (Phi) is 8.95. The van der Waals surface area contributed by atoms with E-state index in [1.807, 2.05) is 30.3 Å². The van der Waals surface area contributed by atoms with Gasteiger partial charge in [0.05, 0.1) is 11.9 Å². The zero-order valence-corrected chi connectivity index (χ0v) is 23.3. The molecule has 7 nitrogen and oxygen atoms in total. The molecular formula is C29H34ClN3O4S. The second-order valence-electron chi connectivity index (χ2n) is 9.94. The number of rotatable bonds is 9. The standard InChI is InChI=1S/C29H34ClN3O4S/c1-21(29(35)31-25-11-4-3-5-12-25)32(19-22-15-17-24(30)18-16-22)28(34)20-33(38(2,36)37)27-14-8-10-23-9-6-7-13-26(23)27/h6-10,13-18,21,25H,3-5,11-12,19-20H2,1-2H3,(H,31,35)/t21-/m0/s1. The van der Waals surface area contributed by atoms with Crippen LogP contribution in [-0.2, 0) is 26.2 Å². The lowest BCUT2D eigenvalue weighted by molar-refractivity contribution is -0.139. The van der Waals surface area contributed by atoms with E-state index in [4.69, 9.17) is 11.6 Å². The van der Waals surface area contributed by atoms with Gasteiger partial charge in [-0.15, -0.1) is 0 Å². The summed E-state index contributed by atoms with van der Waals surface area (Å²) in [6.45, 7) is 1.40. The second kappa shape index (κ2) is 12.2. The summed E-state index contributed by atoms with van der Waals surface area (Å²) in [6, 6.07) is 19.1. The van der Waals surface area contributed by atoms with E-state index in [9.17, 15) is 18.0 Å². The van der Waals surface area contributed by atoms with E-state index >= 15 is 0 Å². The van der Waals surface area contributed by atoms with Gasteiger partial charge in [0, 0.05) is 23.0 Å². The van der Waals surface area contributed by atoms with Gasteiger partial charge in [-0.3, -0.25) is 13.9 Å². The third-order valence-electron chi connectivity index (χ3n) is 7.10. The van der Waals surface area contributed by atoms with Gasteiger partial charge in [-0.1, -0.05) is 79.4 Å². The highest BCUT2D eigenvalue weighted by Crippen LogP contribution is 2.29. The first-order valence-corrected chi connectivity index (χ1v) is 15.2. The molecule has 202 valence electrons. The van der Waals surface area contributed by atoms with Crippen molar-refractivity contribution in [1.82, 2.24) is 10.2 Å².